The number of carbonyl (C=O) groups excluding carboxylic acids is 1. The summed E-state index contributed by atoms with van der Waals surface area (Å²) >= 11 is 6.78. The van der Waals surface area contributed by atoms with E-state index in [1.165, 1.54) is 35.6 Å². The lowest BCUT2D eigenvalue weighted by molar-refractivity contribution is -0.116. The number of anilines is 1. The molecule has 9 heteroatoms. The highest BCUT2D eigenvalue weighted by molar-refractivity contribution is 7.91. The summed E-state index contributed by atoms with van der Waals surface area (Å²) < 4.78 is 39.6. The van der Waals surface area contributed by atoms with Crippen molar-refractivity contribution >= 4 is 44.6 Å². The Hall–Kier alpha value is -1.48. The molecule has 0 atom stereocenters. The van der Waals surface area contributed by atoms with E-state index in [1.807, 2.05) is 0 Å². The zero-order chi connectivity index (χ0) is 17.7. The summed E-state index contributed by atoms with van der Waals surface area (Å²) in [5, 5.41) is 4.04. The van der Waals surface area contributed by atoms with Crippen LogP contribution in [-0.2, 0) is 14.8 Å². The van der Waals surface area contributed by atoms with Crippen molar-refractivity contribution < 1.29 is 17.6 Å². The molecule has 0 radical (unpaired) electrons. The molecule has 1 aromatic carbocycles. The fourth-order valence-corrected chi connectivity index (χ4v) is 4.54. The first-order chi connectivity index (χ1) is 11.3. The Kier molecular flexibility index (Phi) is 6.34. The van der Waals surface area contributed by atoms with Crippen LogP contribution in [0, 0.1) is 5.82 Å². The van der Waals surface area contributed by atoms with Crippen molar-refractivity contribution in [2.24, 2.45) is 0 Å². The summed E-state index contributed by atoms with van der Waals surface area (Å²) in [7, 11) is -2.06. The van der Waals surface area contributed by atoms with Crippen molar-refractivity contribution in [1.29, 1.82) is 0 Å². The van der Waals surface area contributed by atoms with Crippen LogP contribution >= 0.6 is 22.9 Å². The van der Waals surface area contributed by atoms with Gasteiger partial charge in [0.2, 0.25) is 5.91 Å². The Morgan fingerprint density at radius 1 is 1.33 bits per heavy atom. The van der Waals surface area contributed by atoms with Gasteiger partial charge in [0.15, 0.2) is 5.82 Å². The number of nitrogens with zero attached hydrogens (tertiary/aromatic N) is 1. The van der Waals surface area contributed by atoms with E-state index in [0.717, 1.165) is 11.3 Å². The van der Waals surface area contributed by atoms with E-state index in [4.69, 9.17) is 11.6 Å². The Balaban J connectivity index is 1.85. The van der Waals surface area contributed by atoms with E-state index in [9.17, 15) is 17.6 Å². The molecular weight excluding hydrogens is 375 g/mol. The molecule has 0 aliphatic carbocycles. The summed E-state index contributed by atoms with van der Waals surface area (Å²) in [6.07, 6.45) is 0.380. The molecule has 24 heavy (non-hydrogen) atoms. The predicted molar refractivity (Wildman–Crippen MR) is 93.4 cm³/mol. The molecule has 0 aliphatic heterocycles. The predicted octanol–water partition coefficient (Wildman–Crippen LogP) is 3.58. The minimum Gasteiger partial charge on any atom is -0.324 e. The van der Waals surface area contributed by atoms with Gasteiger partial charge < -0.3 is 5.32 Å². The number of sulfonamides is 1. The number of carbonyl (C=O) groups is 1. The first-order valence-corrected chi connectivity index (χ1v) is 9.76. The zero-order valence-corrected chi connectivity index (χ0v) is 15.2. The molecule has 0 bridgehead atoms. The summed E-state index contributed by atoms with van der Waals surface area (Å²) in [5.41, 5.74) is 0.00654. The van der Waals surface area contributed by atoms with Crippen LogP contribution in [0.1, 0.15) is 12.8 Å². The van der Waals surface area contributed by atoms with Crippen molar-refractivity contribution in [2.75, 3.05) is 18.9 Å². The highest BCUT2D eigenvalue weighted by Gasteiger charge is 2.21. The first-order valence-electron chi connectivity index (χ1n) is 7.06. The fraction of sp³-hybridized carbons (Fsp3) is 0.267. The third-order valence-corrected chi connectivity index (χ3v) is 6.78. The zero-order valence-electron chi connectivity index (χ0n) is 12.8. The van der Waals surface area contributed by atoms with Gasteiger partial charge in [0.05, 0.1) is 10.7 Å². The largest absolute Gasteiger partial charge is 0.324 e. The normalized spacial score (nSPS) is 11.7. The third kappa shape index (κ3) is 4.54. The van der Waals surface area contributed by atoms with Gasteiger partial charge in [-0.25, -0.2) is 17.1 Å². The SMILES string of the molecule is CN(CCCC(=O)Nc1cccc(Cl)c1F)S(=O)(=O)c1cccs1. The quantitative estimate of drug-likeness (QED) is 0.785. The minimum atomic E-state index is -3.52. The summed E-state index contributed by atoms with van der Waals surface area (Å²) in [4.78, 5) is 11.8. The Labute approximate surface area is 149 Å². The van der Waals surface area contributed by atoms with Crippen LogP contribution in [0.25, 0.3) is 0 Å². The molecule has 0 saturated carbocycles. The number of amides is 1. The molecule has 1 amide bonds. The lowest BCUT2D eigenvalue weighted by atomic mass is 10.2. The maximum Gasteiger partial charge on any atom is 0.252 e. The summed E-state index contributed by atoms with van der Waals surface area (Å²) in [6.45, 7) is 0.186. The summed E-state index contributed by atoms with van der Waals surface area (Å²) in [6, 6.07) is 7.52. The molecule has 0 saturated heterocycles. The molecule has 2 rings (SSSR count). The molecule has 1 heterocycles. The van der Waals surface area contributed by atoms with Crippen molar-refractivity contribution in [3.63, 3.8) is 0 Å². The molecular formula is C15H16ClFN2O3S2. The van der Waals surface area contributed by atoms with E-state index in [1.54, 1.807) is 11.4 Å². The Morgan fingerprint density at radius 2 is 2.08 bits per heavy atom. The maximum absolute atomic E-state index is 13.7. The number of thiophene rings is 1. The Bertz CT molecular complexity index is 810. The lowest BCUT2D eigenvalue weighted by Gasteiger charge is -2.15. The van der Waals surface area contributed by atoms with Crippen molar-refractivity contribution in [1.82, 2.24) is 4.31 Å². The fourth-order valence-electron chi connectivity index (χ4n) is 1.96. The molecule has 0 fully saturated rings. The van der Waals surface area contributed by atoms with Gasteiger partial charge in [-0.15, -0.1) is 11.3 Å². The smallest absolute Gasteiger partial charge is 0.252 e. The van der Waals surface area contributed by atoms with E-state index >= 15 is 0 Å². The van der Waals surface area contributed by atoms with Crippen LogP contribution in [0.2, 0.25) is 5.02 Å². The summed E-state index contributed by atoms with van der Waals surface area (Å²) in [5.74, 6) is -1.09. The van der Waals surface area contributed by atoms with Gasteiger partial charge in [-0.3, -0.25) is 4.79 Å². The van der Waals surface area contributed by atoms with Crippen LogP contribution < -0.4 is 5.32 Å². The molecule has 130 valence electrons. The molecule has 0 unspecified atom stereocenters. The standard InChI is InChI=1S/C15H16ClFN2O3S2/c1-19(24(21,22)14-8-4-10-23-14)9-3-7-13(20)18-12-6-2-5-11(16)15(12)17/h2,4-6,8,10H,3,7,9H2,1H3,(H,18,20). The number of rotatable bonds is 7. The molecule has 1 N–H and O–H groups in total. The van der Waals surface area contributed by atoms with E-state index in [2.05, 4.69) is 5.32 Å². The topological polar surface area (TPSA) is 66.5 Å². The minimum absolute atomic E-state index is 0.00654. The Morgan fingerprint density at radius 3 is 2.75 bits per heavy atom. The van der Waals surface area contributed by atoms with Crippen LogP contribution in [-0.4, -0.2) is 32.2 Å². The van der Waals surface area contributed by atoms with E-state index < -0.39 is 21.7 Å². The number of nitrogens with one attached hydrogen (secondary N) is 1. The van der Waals surface area contributed by atoms with Gasteiger partial charge in [0, 0.05) is 20.0 Å². The monoisotopic (exact) mass is 390 g/mol. The van der Waals surface area contributed by atoms with Gasteiger partial charge >= 0.3 is 0 Å². The molecule has 0 spiro atoms. The third-order valence-electron chi connectivity index (χ3n) is 3.26. The van der Waals surface area contributed by atoms with Crippen LogP contribution in [0.3, 0.4) is 0 Å². The highest BCUT2D eigenvalue weighted by atomic mass is 35.5. The molecule has 5 nitrogen and oxygen atoms in total. The number of benzene rings is 1. The number of hydrogen-bond acceptors (Lipinski definition) is 4. The van der Waals surface area contributed by atoms with Crippen molar-refractivity contribution in [3.8, 4) is 0 Å². The van der Waals surface area contributed by atoms with Gasteiger partial charge in [-0.05, 0) is 30.0 Å². The average molecular weight is 391 g/mol. The van der Waals surface area contributed by atoms with Crippen LogP contribution in [0.15, 0.2) is 39.9 Å². The van der Waals surface area contributed by atoms with Gasteiger partial charge in [-0.2, -0.15) is 0 Å². The molecule has 2 aromatic rings. The van der Waals surface area contributed by atoms with E-state index in [-0.39, 0.29) is 27.9 Å². The second-order valence-corrected chi connectivity index (χ2v) is 8.64. The number of hydrogen-bond donors (Lipinski definition) is 1. The van der Waals surface area contributed by atoms with Gasteiger partial charge in [-0.1, -0.05) is 23.7 Å². The van der Waals surface area contributed by atoms with Gasteiger partial charge in [0.1, 0.15) is 4.21 Å². The van der Waals surface area contributed by atoms with E-state index in [0.29, 0.717) is 6.42 Å². The lowest BCUT2D eigenvalue weighted by Crippen LogP contribution is -2.28. The van der Waals surface area contributed by atoms with Crippen molar-refractivity contribution in [3.05, 3.63) is 46.6 Å². The second kappa shape index (κ2) is 8.06. The molecule has 0 aliphatic rings. The molecule has 1 aromatic heterocycles. The highest BCUT2D eigenvalue weighted by Crippen LogP contribution is 2.22. The van der Waals surface area contributed by atoms with Gasteiger partial charge in [0.25, 0.3) is 10.0 Å². The van der Waals surface area contributed by atoms with Crippen molar-refractivity contribution in [2.45, 2.75) is 17.1 Å². The average Bonchev–Trinajstić information content (AvgIpc) is 3.07. The van der Waals surface area contributed by atoms with Crippen LogP contribution in [0.4, 0.5) is 10.1 Å². The second-order valence-electron chi connectivity index (χ2n) is 5.01. The maximum atomic E-state index is 13.7. The first kappa shape index (κ1) is 18.9. The number of halogens is 2. The van der Waals surface area contributed by atoms with Crippen LogP contribution in [0.5, 0.6) is 0 Å².